The van der Waals surface area contributed by atoms with E-state index in [0.29, 0.717) is 34.9 Å². The number of carboxylic acids is 2. The molecule has 0 amide bonds. The standard InChI is InChI=1S/C25H47NO4.C25H45NO4/c2*1-5-6-7-8-9-10-11-12-13-14-15-16-17-18-19-20-25(29)30-23(21-24(27)28)22-26(2,3)4/h12-13,23H,5-11,14-22H2,1-4H3;9-10,12-13,23H,5-8,11,14-22H2,1-4H3/b13-12-;10-9-,13-12-. The molecule has 0 rings (SSSR count). The van der Waals surface area contributed by atoms with Crippen molar-refractivity contribution >= 4 is 23.9 Å². The third-order valence-corrected chi connectivity index (χ3v) is 9.86. The zero-order chi connectivity index (χ0) is 45.3. The number of likely N-dealkylation sites (N-methyl/N-ethyl adjacent to an activating group) is 2. The van der Waals surface area contributed by atoms with Crippen LogP contribution in [0.4, 0.5) is 0 Å². The first-order valence-corrected chi connectivity index (χ1v) is 23.8. The van der Waals surface area contributed by atoms with Crippen molar-refractivity contribution in [3.8, 4) is 0 Å². The number of rotatable bonds is 39. The molecule has 0 aliphatic heterocycles. The first-order valence-electron chi connectivity index (χ1n) is 23.8. The highest BCUT2D eigenvalue weighted by Gasteiger charge is 2.23. The van der Waals surface area contributed by atoms with E-state index < -0.39 is 24.1 Å². The number of unbranched alkanes of at least 4 members (excludes halogenated alkanes) is 19. The number of hydrogen-bond donors (Lipinski definition) is 0. The third kappa shape index (κ3) is 49.4. The lowest BCUT2D eigenvalue weighted by atomic mass is 10.1. The molecule has 0 aromatic heterocycles. The van der Waals surface area contributed by atoms with Gasteiger partial charge in [0.05, 0.1) is 42.3 Å². The maximum atomic E-state index is 12.0. The minimum Gasteiger partial charge on any atom is -0.550 e. The zero-order valence-corrected chi connectivity index (χ0v) is 40.0. The Morgan fingerprint density at radius 3 is 1.05 bits per heavy atom. The molecule has 2 atom stereocenters. The van der Waals surface area contributed by atoms with Crippen LogP contribution in [-0.4, -0.2) is 100 Å². The first kappa shape index (κ1) is 59.1. The maximum Gasteiger partial charge on any atom is 0.306 e. The number of hydrogen-bond acceptors (Lipinski definition) is 8. The van der Waals surface area contributed by atoms with Crippen molar-refractivity contribution in [1.82, 2.24) is 0 Å². The summed E-state index contributed by atoms with van der Waals surface area (Å²) in [5, 5.41) is 21.7. The molecule has 2 unspecified atom stereocenters. The summed E-state index contributed by atoms with van der Waals surface area (Å²) >= 11 is 0. The Kier molecular flexibility index (Phi) is 39.5. The summed E-state index contributed by atoms with van der Waals surface area (Å²) < 4.78 is 11.8. The van der Waals surface area contributed by atoms with Gasteiger partial charge in [-0.1, -0.05) is 134 Å². The summed E-state index contributed by atoms with van der Waals surface area (Å²) in [4.78, 5) is 45.7. The molecule has 0 saturated carbocycles. The second kappa shape index (κ2) is 40.1. The molecule has 350 valence electrons. The largest absolute Gasteiger partial charge is 0.550 e. The zero-order valence-electron chi connectivity index (χ0n) is 40.0. The van der Waals surface area contributed by atoms with E-state index in [9.17, 15) is 29.4 Å². The quantitative estimate of drug-likeness (QED) is 0.0259. The number of carbonyl (C=O) groups excluding carboxylic acids is 4. The third-order valence-electron chi connectivity index (χ3n) is 9.86. The Bertz CT molecular complexity index is 1150. The van der Waals surface area contributed by atoms with E-state index in [1.165, 1.54) is 96.3 Å². The molecule has 0 aliphatic rings. The van der Waals surface area contributed by atoms with Crippen molar-refractivity contribution in [3.05, 3.63) is 36.5 Å². The van der Waals surface area contributed by atoms with E-state index in [2.05, 4.69) is 50.3 Å². The Balaban J connectivity index is 0. The molecule has 0 bridgehead atoms. The molecular formula is C50H92N2O8. The van der Waals surface area contributed by atoms with Gasteiger partial charge in [-0.15, -0.1) is 0 Å². The lowest BCUT2D eigenvalue weighted by Gasteiger charge is -2.29. The lowest BCUT2D eigenvalue weighted by molar-refractivity contribution is -0.873. The summed E-state index contributed by atoms with van der Waals surface area (Å²) in [7, 11) is 11.7. The van der Waals surface area contributed by atoms with Crippen molar-refractivity contribution in [2.45, 2.75) is 206 Å². The summed E-state index contributed by atoms with van der Waals surface area (Å²) in [5.41, 5.74) is 0. The summed E-state index contributed by atoms with van der Waals surface area (Å²) in [6, 6.07) is 0. The van der Waals surface area contributed by atoms with Crippen LogP contribution in [0.5, 0.6) is 0 Å². The molecule has 60 heavy (non-hydrogen) atoms. The van der Waals surface area contributed by atoms with Crippen LogP contribution >= 0.6 is 0 Å². The van der Waals surface area contributed by atoms with Gasteiger partial charge in [0.15, 0.2) is 12.2 Å². The molecule has 0 radical (unpaired) electrons. The number of aliphatic carboxylic acids is 2. The average molecular weight is 849 g/mol. The fourth-order valence-electron chi connectivity index (χ4n) is 6.79. The van der Waals surface area contributed by atoms with E-state index in [1.807, 2.05) is 42.3 Å². The highest BCUT2D eigenvalue weighted by Crippen LogP contribution is 2.14. The summed E-state index contributed by atoms with van der Waals surface area (Å²) in [5.74, 6) is -2.96. The van der Waals surface area contributed by atoms with Crippen LogP contribution in [-0.2, 0) is 28.7 Å². The number of esters is 2. The number of allylic oxidation sites excluding steroid dienone is 6. The van der Waals surface area contributed by atoms with Gasteiger partial charge in [-0.25, -0.2) is 0 Å². The Hall–Kier alpha value is -2.98. The number of quaternary nitrogens is 2. The molecule has 0 fully saturated rings. The van der Waals surface area contributed by atoms with Gasteiger partial charge in [0, 0.05) is 37.6 Å². The highest BCUT2D eigenvalue weighted by molar-refractivity contribution is 5.71. The van der Waals surface area contributed by atoms with Gasteiger partial charge in [0.2, 0.25) is 0 Å². The normalized spacial score (nSPS) is 13.1. The number of ether oxygens (including phenoxy) is 2. The molecule has 10 heteroatoms. The van der Waals surface area contributed by atoms with E-state index >= 15 is 0 Å². The van der Waals surface area contributed by atoms with Gasteiger partial charge in [-0.05, 0) is 70.6 Å². The van der Waals surface area contributed by atoms with Gasteiger partial charge in [0.25, 0.3) is 0 Å². The SMILES string of the molecule is CCCCC/C=C\C/C=C\CCCCCCCC(=O)OC(CC(=O)[O-])C[N+](C)(C)C.CCCCCCCC/C=C\CCCCCCCC(=O)OC(CC(=O)[O-])C[N+](C)(C)C. The van der Waals surface area contributed by atoms with Crippen molar-refractivity contribution < 1.29 is 47.8 Å². The Morgan fingerprint density at radius 1 is 0.433 bits per heavy atom. The second-order valence-corrected chi connectivity index (χ2v) is 18.6. The van der Waals surface area contributed by atoms with E-state index in [4.69, 9.17) is 9.47 Å². The monoisotopic (exact) mass is 849 g/mol. The Labute approximate surface area is 368 Å². The smallest absolute Gasteiger partial charge is 0.306 e. The van der Waals surface area contributed by atoms with Gasteiger partial charge in [0.1, 0.15) is 13.1 Å². The van der Waals surface area contributed by atoms with Gasteiger partial charge in [-0.3, -0.25) is 9.59 Å². The van der Waals surface area contributed by atoms with Gasteiger partial charge in [-0.2, -0.15) is 0 Å². The fraction of sp³-hybridized carbons (Fsp3) is 0.800. The molecule has 0 spiro atoms. The van der Waals surface area contributed by atoms with E-state index in [0.717, 1.165) is 57.8 Å². The average Bonchev–Trinajstić information content (AvgIpc) is 3.13. The van der Waals surface area contributed by atoms with Crippen LogP contribution in [0.15, 0.2) is 36.5 Å². The van der Waals surface area contributed by atoms with Crippen LogP contribution < -0.4 is 10.2 Å². The van der Waals surface area contributed by atoms with Crippen molar-refractivity contribution in [1.29, 1.82) is 0 Å². The molecule has 0 aliphatic carbocycles. The minimum absolute atomic E-state index is 0.242. The highest BCUT2D eigenvalue weighted by atomic mass is 16.5. The predicted octanol–water partition coefficient (Wildman–Crippen LogP) is 9.34. The number of nitrogens with zero attached hydrogens (tertiary/aromatic N) is 2. The maximum absolute atomic E-state index is 12.0. The molecular weight excluding hydrogens is 757 g/mol. The second-order valence-electron chi connectivity index (χ2n) is 18.6. The van der Waals surface area contributed by atoms with Crippen molar-refractivity contribution in [3.63, 3.8) is 0 Å². The fourth-order valence-corrected chi connectivity index (χ4v) is 6.79. The van der Waals surface area contributed by atoms with Gasteiger partial charge < -0.3 is 38.2 Å². The first-order chi connectivity index (χ1) is 28.5. The van der Waals surface area contributed by atoms with Gasteiger partial charge >= 0.3 is 11.9 Å². The molecule has 10 nitrogen and oxygen atoms in total. The van der Waals surface area contributed by atoms with Crippen LogP contribution in [0.2, 0.25) is 0 Å². The topological polar surface area (TPSA) is 133 Å². The van der Waals surface area contributed by atoms with E-state index in [-0.39, 0.29) is 24.8 Å². The Morgan fingerprint density at radius 2 is 0.717 bits per heavy atom. The number of carbonyl (C=O) groups is 4. The van der Waals surface area contributed by atoms with Crippen LogP contribution in [0.1, 0.15) is 194 Å². The molecule has 0 aromatic rings. The minimum atomic E-state index is -1.18. The van der Waals surface area contributed by atoms with Crippen LogP contribution in [0.25, 0.3) is 0 Å². The van der Waals surface area contributed by atoms with Crippen molar-refractivity contribution in [2.75, 3.05) is 55.4 Å². The van der Waals surface area contributed by atoms with E-state index in [1.54, 1.807) is 0 Å². The van der Waals surface area contributed by atoms with Crippen LogP contribution in [0.3, 0.4) is 0 Å². The summed E-state index contributed by atoms with van der Waals surface area (Å²) in [6.45, 7) is 5.41. The molecule has 0 heterocycles. The van der Waals surface area contributed by atoms with Crippen LogP contribution in [0, 0.1) is 0 Å². The number of carboxylic acid groups (broad SMARTS) is 2. The van der Waals surface area contributed by atoms with Crippen molar-refractivity contribution in [2.24, 2.45) is 0 Å². The lowest BCUT2D eigenvalue weighted by Crippen LogP contribution is -2.45. The molecule has 0 aromatic carbocycles. The summed E-state index contributed by atoms with van der Waals surface area (Å²) in [6.07, 6.45) is 40.9. The molecule has 0 N–H and O–H groups in total. The predicted molar refractivity (Wildman–Crippen MR) is 244 cm³/mol. The molecule has 0 saturated heterocycles.